The first-order valence-electron chi connectivity index (χ1n) is 7.12. The Morgan fingerprint density at radius 3 is 2.04 bits per heavy atom. The summed E-state index contributed by atoms with van der Waals surface area (Å²) in [5.74, 6) is -1.06. The van der Waals surface area contributed by atoms with Gasteiger partial charge in [0.1, 0.15) is 5.03 Å². The number of anilines is 1. The van der Waals surface area contributed by atoms with Crippen LogP contribution in [0.2, 0.25) is 10.0 Å². The molecule has 1 heterocycles. The lowest BCUT2D eigenvalue weighted by Gasteiger charge is -2.16. The Labute approximate surface area is 154 Å². The van der Waals surface area contributed by atoms with E-state index in [0.29, 0.717) is 16.3 Å². The molecular formula is C18H12Cl3NO2. The molecule has 1 aliphatic rings. The quantitative estimate of drug-likeness (QED) is 0.677. The summed E-state index contributed by atoms with van der Waals surface area (Å²) < 4.78 is 0. The third-order valence-corrected chi connectivity index (χ3v) is 4.59. The second-order valence-corrected chi connectivity index (χ2v) is 6.83. The minimum Gasteiger partial charge on any atom is -0.268 e. The van der Waals surface area contributed by atoms with Gasteiger partial charge in [-0.2, -0.15) is 0 Å². The number of hydrogen-bond acceptors (Lipinski definition) is 2. The minimum atomic E-state index is -0.562. The van der Waals surface area contributed by atoms with Gasteiger partial charge in [-0.05, 0) is 49.2 Å². The van der Waals surface area contributed by atoms with Crippen LogP contribution in [0.25, 0.3) is 5.57 Å². The van der Waals surface area contributed by atoms with Crippen molar-refractivity contribution in [3.8, 4) is 0 Å². The molecule has 122 valence electrons. The highest BCUT2D eigenvalue weighted by Gasteiger charge is 2.40. The van der Waals surface area contributed by atoms with Gasteiger partial charge in [0.25, 0.3) is 11.8 Å². The van der Waals surface area contributed by atoms with Crippen molar-refractivity contribution in [3.63, 3.8) is 0 Å². The zero-order valence-corrected chi connectivity index (χ0v) is 15.1. The lowest BCUT2D eigenvalue weighted by atomic mass is 10.1. The second-order valence-electron chi connectivity index (χ2n) is 5.60. The predicted octanol–water partition coefficient (Wildman–Crippen LogP) is 5.13. The molecule has 3 nitrogen and oxygen atoms in total. The smallest absolute Gasteiger partial charge is 0.268 e. The van der Waals surface area contributed by atoms with Crippen LogP contribution in [0, 0.1) is 13.8 Å². The molecule has 0 unspecified atom stereocenters. The molecule has 2 aromatic rings. The second kappa shape index (κ2) is 6.25. The van der Waals surface area contributed by atoms with Gasteiger partial charge in [0.15, 0.2) is 0 Å². The number of amides is 2. The van der Waals surface area contributed by atoms with E-state index in [4.69, 9.17) is 34.8 Å². The van der Waals surface area contributed by atoms with E-state index in [0.717, 1.165) is 16.0 Å². The van der Waals surface area contributed by atoms with Gasteiger partial charge in [-0.15, -0.1) is 0 Å². The van der Waals surface area contributed by atoms with Gasteiger partial charge in [-0.1, -0.05) is 46.9 Å². The molecule has 0 saturated heterocycles. The highest BCUT2D eigenvalue weighted by molar-refractivity contribution is 6.60. The summed E-state index contributed by atoms with van der Waals surface area (Å²) in [6, 6.07) is 10.2. The van der Waals surface area contributed by atoms with Crippen LogP contribution in [0.1, 0.15) is 16.7 Å². The lowest BCUT2D eigenvalue weighted by molar-refractivity contribution is -0.119. The van der Waals surface area contributed by atoms with E-state index in [1.807, 2.05) is 19.9 Å². The molecule has 24 heavy (non-hydrogen) atoms. The van der Waals surface area contributed by atoms with Crippen LogP contribution in [0.3, 0.4) is 0 Å². The average molecular weight is 381 g/mol. The molecule has 0 saturated carbocycles. The summed E-state index contributed by atoms with van der Waals surface area (Å²) >= 11 is 18.2. The van der Waals surface area contributed by atoms with Gasteiger partial charge in [0, 0.05) is 10.6 Å². The van der Waals surface area contributed by atoms with Crippen molar-refractivity contribution < 1.29 is 9.59 Å². The molecular weight excluding hydrogens is 369 g/mol. The normalized spacial score (nSPS) is 14.8. The standard InChI is InChI=1S/C18H12Cl3NO2/c1-9-5-10(2)7-12(6-9)22-17(23)15(16(21)18(22)24)13-4-3-11(19)8-14(13)20/h3-8H,1-2H3. The molecule has 0 atom stereocenters. The number of hydrogen-bond donors (Lipinski definition) is 0. The number of nitrogens with zero attached hydrogens (tertiary/aromatic N) is 1. The van der Waals surface area contributed by atoms with Crippen LogP contribution >= 0.6 is 34.8 Å². The van der Waals surface area contributed by atoms with Gasteiger partial charge < -0.3 is 0 Å². The van der Waals surface area contributed by atoms with Crippen molar-refractivity contribution in [1.29, 1.82) is 0 Å². The molecule has 0 aromatic heterocycles. The van der Waals surface area contributed by atoms with Crippen molar-refractivity contribution in [2.45, 2.75) is 13.8 Å². The van der Waals surface area contributed by atoms with E-state index >= 15 is 0 Å². The Hall–Kier alpha value is -1.81. The zero-order valence-electron chi connectivity index (χ0n) is 12.9. The molecule has 3 rings (SSSR count). The van der Waals surface area contributed by atoms with Crippen molar-refractivity contribution >= 4 is 57.9 Å². The number of benzene rings is 2. The van der Waals surface area contributed by atoms with E-state index in [1.165, 1.54) is 6.07 Å². The van der Waals surface area contributed by atoms with E-state index in [1.54, 1.807) is 24.3 Å². The number of imide groups is 1. The predicted molar refractivity (Wildman–Crippen MR) is 97.6 cm³/mol. The van der Waals surface area contributed by atoms with Crippen LogP contribution in [0.4, 0.5) is 5.69 Å². The third kappa shape index (κ3) is 2.84. The first-order chi connectivity index (χ1) is 11.3. The van der Waals surface area contributed by atoms with Crippen molar-refractivity contribution in [3.05, 3.63) is 68.2 Å². The van der Waals surface area contributed by atoms with E-state index in [9.17, 15) is 9.59 Å². The van der Waals surface area contributed by atoms with E-state index in [-0.39, 0.29) is 15.6 Å². The largest absolute Gasteiger partial charge is 0.277 e. The van der Waals surface area contributed by atoms with Gasteiger partial charge >= 0.3 is 0 Å². The molecule has 2 aromatic carbocycles. The van der Waals surface area contributed by atoms with Crippen molar-refractivity contribution in [2.24, 2.45) is 0 Å². The van der Waals surface area contributed by atoms with Crippen LogP contribution in [0.15, 0.2) is 41.4 Å². The maximum atomic E-state index is 12.9. The Morgan fingerprint density at radius 1 is 0.833 bits per heavy atom. The summed E-state index contributed by atoms with van der Waals surface area (Å²) in [5, 5.41) is 0.547. The molecule has 0 aliphatic carbocycles. The van der Waals surface area contributed by atoms with Crippen LogP contribution in [-0.4, -0.2) is 11.8 Å². The highest BCUT2D eigenvalue weighted by atomic mass is 35.5. The number of carbonyl (C=O) groups excluding carboxylic acids is 2. The summed E-state index contributed by atoms with van der Waals surface area (Å²) in [5.41, 5.74) is 2.85. The van der Waals surface area contributed by atoms with Crippen molar-refractivity contribution in [2.75, 3.05) is 4.90 Å². The van der Waals surface area contributed by atoms with Gasteiger partial charge in [0.05, 0.1) is 16.3 Å². The number of rotatable bonds is 2. The Balaban J connectivity index is 2.11. The maximum Gasteiger partial charge on any atom is 0.277 e. The molecule has 0 spiro atoms. The number of aryl methyl sites for hydroxylation is 2. The Kier molecular flexibility index (Phi) is 4.43. The maximum absolute atomic E-state index is 12.9. The topological polar surface area (TPSA) is 37.4 Å². The van der Waals surface area contributed by atoms with Gasteiger partial charge in [0.2, 0.25) is 0 Å². The van der Waals surface area contributed by atoms with E-state index < -0.39 is 11.8 Å². The lowest BCUT2D eigenvalue weighted by Crippen LogP contribution is -2.31. The molecule has 1 aliphatic heterocycles. The third-order valence-electron chi connectivity index (χ3n) is 3.69. The average Bonchev–Trinajstić information content (AvgIpc) is 2.69. The monoisotopic (exact) mass is 379 g/mol. The first-order valence-corrected chi connectivity index (χ1v) is 8.25. The minimum absolute atomic E-state index is 0.0856. The summed E-state index contributed by atoms with van der Waals surface area (Å²) in [7, 11) is 0. The zero-order chi connectivity index (χ0) is 17.6. The van der Waals surface area contributed by atoms with Gasteiger partial charge in [-0.25, -0.2) is 4.90 Å². The fourth-order valence-corrected chi connectivity index (χ4v) is 3.51. The van der Waals surface area contributed by atoms with Crippen LogP contribution in [0.5, 0.6) is 0 Å². The highest BCUT2D eigenvalue weighted by Crippen LogP contribution is 2.38. The molecule has 2 amide bonds. The molecule has 0 radical (unpaired) electrons. The van der Waals surface area contributed by atoms with Crippen LogP contribution in [-0.2, 0) is 9.59 Å². The Morgan fingerprint density at radius 2 is 1.46 bits per heavy atom. The fourth-order valence-electron chi connectivity index (χ4n) is 2.74. The summed E-state index contributed by atoms with van der Waals surface area (Å²) in [6.07, 6.45) is 0. The molecule has 0 fully saturated rings. The number of carbonyl (C=O) groups is 2. The van der Waals surface area contributed by atoms with Gasteiger partial charge in [-0.3, -0.25) is 9.59 Å². The number of halogens is 3. The van der Waals surface area contributed by atoms with Crippen molar-refractivity contribution in [1.82, 2.24) is 0 Å². The molecule has 0 N–H and O–H groups in total. The SMILES string of the molecule is Cc1cc(C)cc(N2C(=O)C(Cl)=C(c3ccc(Cl)cc3Cl)C2=O)c1. The molecule has 0 bridgehead atoms. The Bertz CT molecular complexity index is 898. The van der Waals surface area contributed by atoms with Crippen LogP contribution < -0.4 is 4.90 Å². The fraction of sp³-hybridized carbons (Fsp3) is 0.111. The first kappa shape index (κ1) is 17.0. The van der Waals surface area contributed by atoms with E-state index in [2.05, 4.69) is 0 Å². The molecule has 6 heteroatoms. The summed E-state index contributed by atoms with van der Waals surface area (Å²) in [6.45, 7) is 3.79. The summed E-state index contributed by atoms with van der Waals surface area (Å²) in [4.78, 5) is 26.5.